The summed E-state index contributed by atoms with van der Waals surface area (Å²) in [5.74, 6) is 0.0281. The molecule has 136 valence electrons. The van der Waals surface area contributed by atoms with E-state index in [0.29, 0.717) is 37.2 Å². The van der Waals surface area contributed by atoms with Crippen LogP contribution in [0.3, 0.4) is 0 Å². The molecule has 1 atom stereocenters. The van der Waals surface area contributed by atoms with Gasteiger partial charge in [-0.25, -0.2) is 9.50 Å². The maximum absolute atomic E-state index is 13.4. The molecule has 1 aliphatic heterocycles. The highest BCUT2D eigenvalue weighted by atomic mass is 19.4. The minimum Gasteiger partial charge on any atom is -0.334 e. The van der Waals surface area contributed by atoms with Crippen LogP contribution in [0.4, 0.5) is 13.2 Å². The number of alkyl halides is 3. The van der Waals surface area contributed by atoms with Crippen molar-refractivity contribution in [2.75, 3.05) is 6.54 Å². The Balaban J connectivity index is 2.05. The van der Waals surface area contributed by atoms with Crippen LogP contribution in [0.25, 0.3) is 5.65 Å². The number of rotatable bonds is 4. The predicted octanol–water partition coefficient (Wildman–Crippen LogP) is 3.77. The standard InChI is InChI=1S/C17H21F3N4O/c1-3-6-16(25)23-8-5-7-13(23)12-10-15-21-11(4-2)9-14(17(18,19)20)24(15)22-12/h9-10,13H,3-8H2,1-2H3. The van der Waals surface area contributed by atoms with E-state index in [1.807, 2.05) is 6.92 Å². The van der Waals surface area contributed by atoms with Crippen LogP contribution in [-0.2, 0) is 17.4 Å². The third kappa shape index (κ3) is 3.34. The third-order valence-corrected chi connectivity index (χ3v) is 4.53. The lowest BCUT2D eigenvalue weighted by atomic mass is 10.1. The molecule has 0 spiro atoms. The van der Waals surface area contributed by atoms with Gasteiger partial charge in [-0.05, 0) is 31.7 Å². The number of nitrogens with zero attached hydrogens (tertiary/aromatic N) is 4. The zero-order chi connectivity index (χ0) is 18.2. The Labute approximate surface area is 143 Å². The molecular formula is C17H21F3N4O. The molecule has 0 aliphatic carbocycles. The minimum absolute atomic E-state index is 0.0281. The van der Waals surface area contributed by atoms with Crippen molar-refractivity contribution in [3.8, 4) is 0 Å². The Kier molecular flexibility index (Phi) is 4.71. The Bertz CT molecular complexity index is 784. The number of hydrogen-bond acceptors (Lipinski definition) is 3. The van der Waals surface area contributed by atoms with E-state index in [0.717, 1.165) is 23.4 Å². The maximum atomic E-state index is 13.4. The van der Waals surface area contributed by atoms with E-state index in [1.54, 1.807) is 17.9 Å². The molecule has 0 radical (unpaired) electrons. The van der Waals surface area contributed by atoms with Crippen molar-refractivity contribution in [3.05, 3.63) is 29.2 Å². The van der Waals surface area contributed by atoms with E-state index in [2.05, 4.69) is 10.1 Å². The summed E-state index contributed by atoms with van der Waals surface area (Å²) >= 11 is 0. The second kappa shape index (κ2) is 6.65. The van der Waals surface area contributed by atoms with Crippen LogP contribution in [0.1, 0.15) is 62.7 Å². The van der Waals surface area contributed by atoms with Gasteiger partial charge in [0.1, 0.15) is 5.69 Å². The molecule has 1 fully saturated rings. The first-order valence-corrected chi connectivity index (χ1v) is 8.61. The molecule has 5 nitrogen and oxygen atoms in total. The molecule has 8 heteroatoms. The second-order valence-corrected chi connectivity index (χ2v) is 6.32. The van der Waals surface area contributed by atoms with Crippen molar-refractivity contribution in [2.45, 2.75) is 58.2 Å². The molecule has 0 saturated carbocycles. The summed E-state index contributed by atoms with van der Waals surface area (Å²) in [7, 11) is 0. The predicted molar refractivity (Wildman–Crippen MR) is 86.0 cm³/mol. The van der Waals surface area contributed by atoms with Crippen molar-refractivity contribution in [3.63, 3.8) is 0 Å². The number of aromatic nitrogens is 3. The number of carbonyl (C=O) groups is 1. The fourth-order valence-electron chi connectivity index (χ4n) is 3.32. The molecule has 1 aliphatic rings. The Morgan fingerprint density at radius 3 is 2.72 bits per heavy atom. The average molecular weight is 354 g/mol. The average Bonchev–Trinajstić information content (AvgIpc) is 3.19. The highest BCUT2D eigenvalue weighted by molar-refractivity contribution is 5.77. The van der Waals surface area contributed by atoms with Crippen molar-refractivity contribution >= 4 is 11.6 Å². The molecule has 0 N–H and O–H groups in total. The minimum atomic E-state index is -4.51. The van der Waals surface area contributed by atoms with Gasteiger partial charge < -0.3 is 4.90 Å². The first-order chi connectivity index (χ1) is 11.8. The summed E-state index contributed by atoms with van der Waals surface area (Å²) in [6, 6.07) is 2.35. The first kappa shape index (κ1) is 17.7. The van der Waals surface area contributed by atoms with Gasteiger partial charge in [0.05, 0.1) is 11.7 Å². The van der Waals surface area contributed by atoms with Gasteiger partial charge in [0.15, 0.2) is 5.65 Å². The molecule has 0 aromatic carbocycles. The molecule has 3 rings (SSSR count). The molecule has 0 bridgehead atoms. The van der Waals surface area contributed by atoms with E-state index >= 15 is 0 Å². The summed E-state index contributed by atoms with van der Waals surface area (Å²) < 4.78 is 41.0. The van der Waals surface area contributed by atoms with Crippen LogP contribution in [0.2, 0.25) is 0 Å². The van der Waals surface area contributed by atoms with Gasteiger partial charge in [-0.2, -0.15) is 18.3 Å². The van der Waals surface area contributed by atoms with Gasteiger partial charge in [-0.15, -0.1) is 0 Å². The molecule has 1 saturated heterocycles. The lowest BCUT2D eigenvalue weighted by Gasteiger charge is -2.23. The highest BCUT2D eigenvalue weighted by Gasteiger charge is 2.36. The van der Waals surface area contributed by atoms with Crippen LogP contribution in [0.5, 0.6) is 0 Å². The summed E-state index contributed by atoms with van der Waals surface area (Å²) in [5.41, 5.74) is 0.200. The van der Waals surface area contributed by atoms with E-state index < -0.39 is 11.9 Å². The van der Waals surface area contributed by atoms with Crippen LogP contribution < -0.4 is 0 Å². The van der Waals surface area contributed by atoms with Crippen LogP contribution >= 0.6 is 0 Å². The fourth-order valence-corrected chi connectivity index (χ4v) is 3.32. The largest absolute Gasteiger partial charge is 0.433 e. The summed E-state index contributed by atoms with van der Waals surface area (Å²) in [4.78, 5) is 18.3. The SMILES string of the molecule is CCCC(=O)N1CCCC1c1cc2nc(CC)cc(C(F)(F)F)n2n1. The van der Waals surface area contributed by atoms with Crippen molar-refractivity contribution in [1.29, 1.82) is 0 Å². The van der Waals surface area contributed by atoms with Crippen molar-refractivity contribution < 1.29 is 18.0 Å². The fraction of sp³-hybridized carbons (Fsp3) is 0.588. The quantitative estimate of drug-likeness (QED) is 0.840. The monoisotopic (exact) mass is 354 g/mol. The molecule has 1 unspecified atom stereocenters. The first-order valence-electron chi connectivity index (χ1n) is 8.61. The number of aryl methyl sites for hydroxylation is 1. The maximum Gasteiger partial charge on any atom is 0.433 e. The van der Waals surface area contributed by atoms with Gasteiger partial charge in [-0.3, -0.25) is 4.79 Å². The molecule has 25 heavy (non-hydrogen) atoms. The normalized spacial score (nSPS) is 18.3. The van der Waals surface area contributed by atoms with Crippen molar-refractivity contribution in [1.82, 2.24) is 19.5 Å². The second-order valence-electron chi connectivity index (χ2n) is 6.32. The Morgan fingerprint density at radius 1 is 1.32 bits per heavy atom. The molecule has 2 aromatic heterocycles. The Hall–Kier alpha value is -2.12. The number of carbonyl (C=O) groups excluding carboxylic acids is 1. The van der Waals surface area contributed by atoms with Crippen LogP contribution in [0, 0.1) is 0 Å². The summed E-state index contributed by atoms with van der Waals surface area (Å²) in [6.45, 7) is 4.31. The van der Waals surface area contributed by atoms with Gasteiger partial charge in [0.2, 0.25) is 5.91 Å². The van der Waals surface area contributed by atoms with E-state index in [9.17, 15) is 18.0 Å². The van der Waals surface area contributed by atoms with Gasteiger partial charge in [0, 0.05) is 24.7 Å². The van der Waals surface area contributed by atoms with E-state index in [1.165, 1.54) is 0 Å². The van der Waals surface area contributed by atoms with Gasteiger partial charge >= 0.3 is 6.18 Å². The van der Waals surface area contributed by atoms with Crippen molar-refractivity contribution in [2.24, 2.45) is 0 Å². The number of amides is 1. The smallest absolute Gasteiger partial charge is 0.334 e. The molecule has 2 aromatic rings. The Morgan fingerprint density at radius 2 is 2.08 bits per heavy atom. The van der Waals surface area contributed by atoms with E-state index in [4.69, 9.17) is 0 Å². The number of fused-ring (bicyclic) bond motifs is 1. The topological polar surface area (TPSA) is 50.5 Å². The summed E-state index contributed by atoms with van der Waals surface area (Å²) in [5, 5.41) is 4.17. The third-order valence-electron chi connectivity index (χ3n) is 4.53. The van der Waals surface area contributed by atoms with Gasteiger partial charge in [-0.1, -0.05) is 13.8 Å². The molecule has 1 amide bonds. The molecule has 3 heterocycles. The lowest BCUT2D eigenvalue weighted by Crippen LogP contribution is -2.30. The molecular weight excluding hydrogens is 333 g/mol. The number of hydrogen-bond donors (Lipinski definition) is 0. The summed E-state index contributed by atoms with van der Waals surface area (Å²) in [6.07, 6.45) is -1.38. The van der Waals surface area contributed by atoms with Gasteiger partial charge in [0.25, 0.3) is 0 Å². The number of likely N-dealkylation sites (tertiary alicyclic amines) is 1. The zero-order valence-corrected chi connectivity index (χ0v) is 14.3. The van der Waals surface area contributed by atoms with Crippen LogP contribution in [0.15, 0.2) is 12.1 Å². The zero-order valence-electron chi connectivity index (χ0n) is 14.3. The lowest BCUT2D eigenvalue weighted by molar-refractivity contribution is -0.142. The highest BCUT2D eigenvalue weighted by Crippen LogP contribution is 2.34. The van der Waals surface area contributed by atoms with E-state index in [-0.39, 0.29) is 17.6 Å². The number of halogens is 3. The van der Waals surface area contributed by atoms with Crippen LogP contribution in [-0.4, -0.2) is 31.9 Å².